The van der Waals surface area contributed by atoms with Crippen molar-refractivity contribution >= 4 is 5.97 Å². The van der Waals surface area contributed by atoms with Crippen molar-refractivity contribution in [1.29, 1.82) is 0 Å². The molecule has 1 spiro atoms. The van der Waals surface area contributed by atoms with Crippen LogP contribution in [-0.4, -0.2) is 31.8 Å². The number of carbonyl (C=O) groups is 1. The summed E-state index contributed by atoms with van der Waals surface area (Å²) >= 11 is 0. The zero-order valence-corrected chi connectivity index (χ0v) is 11.2. The number of hydrogen-bond acceptors (Lipinski definition) is 4. The number of benzene rings is 1. The van der Waals surface area contributed by atoms with Crippen LogP contribution in [0.2, 0.25) is 0 Å². The van der Waals surface area contributed by atoms with Crippen LogP contribution in [-0.2, 0) is 11.2 Å². The highest BCUT2D eigenvalue weighted by Crippen LogP contribution is 2.38. The molecule has 1 aromatic rings. The van der Waals surface area contributed by atoms with Crippen molar-refractivity contribution in [3.05, 3.63) is 29.3 Å². The van der Waals surface area contributed by atoms with Gasteiger partial charge in [-0.1, -0.05) is 6.07 Å². The van der Waals surface area contributed by atoms with Crippen LogP contribution in [0.4, 0.5) is 0 Å². The van der Waals surface area contributed by atoms with E-state index >= 15 is 0 Å². The maximum absolute atomic E-state index is 11.6. The van der Waals surface area contributed by atoms with Crippen molar-refractivity contribution in [2.24, 2.45) is 0 Å². The van der Waals surface area contributed by atoms with E-state index in [1.807, 2.05) is 18.2 Å². The Morgan fingerprint density at radius 3 is 2.84 bits per heavy atom. The molecule has 1 saturated heterocycles. The molecular formula is C15H19NO3. The number of hydrogen-bond donors (Lipinski definition) is 1. The molecule has 0 amide bonds. The lowest BCUT2D eigenvalue weighted by Gasteiger charge is -2.41. The zero-order valence-electron chi connectivity index (χ0n) is 11.2. The third-order valence-corrected chi connectivity index (χ3v) is 4.18. The second-order valence-corrected chi connectivity index (χ2v) is 5.35. The van der Waals surface area contributed by atoms with Crippen LogP contribution in [0.25, 0.3) is 0 Å². The zero-order chi connectivity index (χ0) is 13.3. The Labute approximate surface area is 113 Å². The Morgan fingerprint density at radius 2 is 2.11 bits per heavy atom. The predicted molar refractivity (Wildman–Crippen MR) is 71.6 cm³/mol. The number of rotatable bonds is 1. The Morgan fingerprint density at radius 1 is 1.32 bits per heavy atom. The molecule has 0 atom stereocenters. The number of esters is 1. The van der Waals surface area contributed by atoms with Gasteiger partial charge in [0.2, 0.25) is 0 Å². The SMILES string of the molecule is COC(=O)c1ccc2c(c1)OC1(CCNCC1)CC2. The molecule has 1 N–H and O–H groups in total. The highest BCUT2D eigenvalue weighted by molar-refractivity contribution is 5.89. The molecule has 19 heavy (non-hydrogen) atoms. The van der Waals surface area contributed by atoms with E-state index in [4.69, 9.17) is 9.47 Å². The van der Waals surface area contributed by atoms with Crippen molar-refractivity contribution < 1.29 is 14.3 Å². The first-order valence-electron chi connectivity index (χ1n) is 6.83. The number of methoxy groups -OCH3 is 1. The fourth-order valence-electron chi connectivity index (χ4n) is 2.98. The lowest BCUT2D eigenvalue weighted by Crippen LogP contribution is -2.48. The molecule has 0 aromatic heterocycles. The molecule has 0 unspecified atom stereocenters. The van der Waals surface area contributed by atoms with Gasteiger partial charge in [0.25, 0.3) is 0 Å². The van der Waals surface area contributed by atoms with Gasteiger partial charge in [-0.25, -0.2) is 4.79 Å². The molecule has 0 aliphatic carbocycles. The topological polar surface area (TPSA) is 47.6 Å². The highest BCUT2D eigenvalue weighted by Gasteiger charge is 2.37. The molecule has 0 radical (unpaired) electrons. The van der Waals surface area contributed by atoms with Crippen LogP contribution in [0.1, 0.15) is 35.2 Å². The molecule has 4 heteroatoms. The van der Waals surface area contributed by atoms with Crippen molar-refractivity contribution in [3.63, 3.8) is 0 Å². The van der Waals surface area contributed by atoms with Gasteiger partial charge in [-0.05, 0) is 56.5 Å². The van der Waals surface area contributed by atoms with Gasteiger partial charge in [-0.3, -0.25) is 0 Å². The fraction of sp³-hybridized carbons (Fsp3) is 0.533. The van der Waals surface area contributed by atoms with Crippen molar-refractivity contribution in [2.45, 2.75) is 31.3 Å². The first kappa shape index (κ1) is 12.5. The summed E-state index contributed by atoms with van der Waals surface area (Å²) in [6.07, 6.45) is 4.17. The van der Waals surface area contributed by atoms with Gasteiger partial charge in [0.15, 0.2) is 0 Å². The summed E-state index contributed by atoms with van der Waals surface area (Å²) in [5, 5.41) is 3.36. The van der Waals surface area contributed by atoms with E-state index in [-0.39, 0.29) is 11.6 Å². The average Bonchev–Trinajstić information content (AvgIpc) is 2.46. The molecule has 0 saturated carbocycles. The third-order valence-electron chi connectivity index (χ3n) is 4.18. The summed E-state index contributed by atoms with van der Waals surface area (Å²) in [5.41, 5.74) is 1.72. The second-order valence-electron chi connectivity index (χ2n) is 5.35. The van der Waals surface area contributed by atoms with E-state index < -0.39 is 0 Å². The van der Waals surface area contributed by atoms with Crippen LogP contribution >= 0.6 is 0 Å². The molecular weight excluding hydrogens is 242 g/mol. The van der Waals surface area contributed by atoms with Crippen molar-refractivity contribution in [2.75, 3.05) is 20.2 Å². The molecule has 2 aliphatic rings. The quantitative estimate of drug-likeness (QED) is 0.785. The maximum Gasteiger partial charge on any atom is 0.337 e. The Hall–Kier alpha value is -1.55. The standard InChI is InChI=1S/C15H19NO3/c1-18-14(17)12-3-2-11-4-5-15(19-13(11)10-12)6-8-16-9-7-15/h2-3,10,16H,4-9H2,1H3. The van der Waals surface area contributed by atoms with Crippen molar-refractivity contribution in [3.8, 4) is 5.75 Å². The van der Waals surface area contributed by atoms with Gasteiger partial charge in [-0.2, -0.15) is 0 Å². The number of fused-ring (bicyclic) bond motifs is 1. The van der Waals surface area contributed by atoms with Crippen LogP contribution < -0.4 is 10.1 Å². The van der Waals surface area contributed by atoms with Gasteiger partial charge in [0.05, 0.1) is 12.7 Å². The fourth-order valence-corrected chi connectivity index (χ4v) is 2.98. The summed E-state index contributed by atoms with van der Waals surface area (Å²) in [5.74, 6) is 0.549. The summed E-state index contributed by atoms with van der Waals surface area (Å²) < 4.78 is 11.0. The number of piperidine rings is 1. The van der Waals surface area contributed by atoms with Gasteiger partial charge >= 0.3 is 5.97 Å². The molecule has 102 valence electrons. The van der Waals surface area contributed by atoms with Gasteiger partial charge in [-0.15, -0.1) is 0 Å². The smallest absolute Gasteiger partial charge is 0.337 e. The number of aryl methyl sites for hydroxylation is 1. The summed E-state index contributed by atoms with van der Waals surface area (Å²) in [6, 6.07) is 5.62. The third kappa shape index (κ3) is 2.32. The van der Waals surface area contributed by atoms with Crippen LogP contribution in [0.3, 0.4) is 0 Å². The average molecular weight is 261 g/mol. The Kier molecular flexibility index (Phi) is 3.19. The van der Waals surface area contributed by atoms with Crippen LogP contribution in [0.15, 0.2) is 18.2 Å². The summed E-state index contributed by atoms with van der Waals surface area (Å²) in [4.78, 5) is 11.6. The van der Waals surface area contributed by atoms with E-state index in [1.165, 1.54) is 12.7 Å². The van der Waals surface area contributed by atoms with E-state index in [1.54, 1.807) is 0 Å². The molecule has 4 nitrogen and oxygen atoms in total. The highest BCUT2D eigenvalue weighted by atomic mass is 16.5. The normalized spacial score (nSPS) is 20.5. The van der Waals surface area contributed by atoms with Crippen molar-refractivity contribution in [1.82, 2.24) is 5.32 Å². The molecule has 0 bridgehead atoms. The lowest BCUT2D eigenvalue weighted by molar-refractivity contribution is 0.0167. The van der Waals surface area contributed by atoms with E-state index in [2.05, 4.69) is 5.32 Å². The lowest BCUT2D eigenvalue weighted by atomic mass is 9.83. The van der Waals surface area contributed by atoms with E-state index in [0.29, 0.717) is 5.56 Å². The molecule has 1 aromatic carbocycles. The monoisotopic (exact) mass is 261 g/mol. The van der Waals surface area contributed by atoms with Gasteiger partial charge in [0, 0.05) is 0 Å². The molecule has 1 fully saturated rings. The minimum absolute atomic E-state index is 0.0347. The number of carbonyl (C=O) groups excluding carboxylic acids is 1. The summed E-state index contributed by atoms with van der Waals surface area (Å²) in [6.45, 7) is 2.01. The van der Waals surface area contributed by atoms with Crippen LogP contribution in [0.5, 0.6) is 5.75 Å². The molecule has 2 heterocycles. The first-order valence-corrected chi connectivity index (χ1v) is 6.83. The first-order chi connectivity index (χ1) is 9.22. The predicted octanol–water partition coefficient (Wildman–Crippen LogP) is 1.92. The number of nitrogens with one attached hydrogen (secondary N) is 1. The Balaban J connectivity index is 1.88. The maximum atomic E-state index is 11.6. The molecule has 3 rings (SSSR count). The van der Waals surface area contributed by atoms with Gasteiger partial charge < -0.3 is 14.8 Å². The Bertz CT molecular complexity index is 492. The minimum Gasteiger partial charge on any atom is -0.487 e. The van der Waals surface area contributed by atoms with E-state index in [0.717, 1.165) is 44.5 Å². The van der Waals surface area contributed by atoms with Crippen LogP contribution in [0, 0.1) is 0 Å². The van der Waals surface area contributed by atoms with E-state index in [9.17, 15) is 4.79 Å². The van der Waals surface area contributed by atoms with Gasteiger partial charge in [0.1, 0.15) is 11.4 Å². The number of ether oxygens (including phenoxy) is 2. The summed E-state index contributed by atoms with van der Waals surface area (Å²) in [7, 11) is 1.40. The second kappa shape index (κ2) is 4.85. The molecule has 2 aliphatic heterocycles. The minimum atomic E-state index is -0.309. The largest absolute Gasteiger partial charge is 0.487 e.